The Bertz CT molecular complexity index is 1200. The molecule has 2 aliphatic heterocycles. The van der Waals surface area contributed by atoms with Gasteiger partial charge in [0, 0.05) is 35.9 Å². The lowest BCUT2D eigenvalue weighted by atomic mass is 10.1. The predicted molar refractivity (Wildman–Crippen MR) is 120 cm³/mol. The lowest BCUT2D eigenvalue weighted by Crippen LogP contribution is -2.58. The molecule has 3 aromatic heterocycles. The molecular formula is C18H17ClN5O3S3+. The molecule has 0 fully saturated rings. The Kier molecular flexibility index (Phi) is 4.80. The molecular weight excluding hydrogens is 466 g/mol. The number of hydrogen-bond donors (Lipinski definition) is 1. The van der Waals surface area contributed by atoms with E-state index in [0.717, 1.165) is 16.3 Å². The number of halogens is 1. The van der Waals surface area contributed by atoms with E-state index in [1.807, 2.05) is 0 Å². The van der Waals surface area contributed by atoms with E-state index in [2.05, 4.69) is 14.5 Å². The van der Waals surface area contributed by atoms with Crippen molar-refractivity contribution in [1.29, 1.82) is 0 Å². The van der Waals surface area contributed by atoms with Crippen LogP contribution in [-0.4, -0.2) is 56.3 Å². The standard InChI is InChI=1S/C18H17ClN5O3S3/c1-22-16(26)12-13(15-20-9(5-25)6-29-15)23-3-4-28-7-10(23)14(12)24(2,18(22)27)17-21-11(19)8-30-17/h6,8,25H,3-5,7H2,1-2H3/q+1/t24-/m0/s1. The van der Waals surface area contributed by atoms with Gasteiger partial charge < -0.3 is 9.67 Å². The Morgan fingerprint density at radius 1 is 1.27 bits per heavy atom. The van der Waals surface area contributed by atoms with Crippen molar-refractivity contribution in [2.75, 3.05) is 19.8 Å². The third kappa shape index (κ3) is 2.66. The number of carbonyl (C=O) groups is 2. The number of rotatable bonds is 3. The Morgan fingerprint density at radius 2 is 2.07 bits per heavy atom. The van der Waals surface area contributed by atoms with Crippen LogP contribution in [0.5, 0.6) is 0 Å². The van der Waals surface area contributed by atoms with Crippen LogP contribution in [-0.2, 0) is 18.9 Å². The fourth-order valence-corrected chi connectivity index (χ4v) is 6.91. The highest BCUT2D eigenvalue weighted by Gasteiger charge is 2.56. The molecule has 2 aliphatic rings. The van der Waals surface area contributed by atoms with E-state index in [1.54, 1.807) is 29.6 Å². The van der Waals surface area contributed by atoms with Crippen molar-refractivity contribution in [3.63, 3.8) is 0 Å². The summed E-state index contributed by atoms with van der Waals surface area (Å²) in [6.45, 7) is 0.542. The third-order valence-electron chi connectivity index (χ3n) is 5.44. The van der Waals surface area contributed by atoms with Gasteiger partial charge in [-0.2, -0.15) is 21.2 Å². The van der Waals surface area contributed by atoms with Crippen molar-refractivity contribution < 1.29 is 14.7 Å². The van der Waals surface area contributed by atoms with E-state index in [1.165, 1.54) is 29.7 Å². The van der Waals surface area contributed by atoms with Crippen LogP contribution in [0.2, 0.25) is 5.15 Å². The Hall–Kier alpha value is -1.76. The predicted octanol–water partition coefficient (Wildman–Crippen LogP) is 3.94. The maximum atomic E-state index is 13.5. The number of thiazole rings is 2. The maximum absolute atomic E-state index is 13.5. The highest BCUT2D eigenvalue weighted by atomic mass is 35.5. The number of quaternary nitrogens is 1. The lowest BCUT2D eigenvalue weighted by molar-refractivity contribution is 0.0798. The van der Waals surface area contributed by atoms with Crippen molar-refractivity contribution in [2.45, 2.75) is 18.9 Å². The first-order chi connectivity index (χ1) is 14.4. The number of fused-ring (bicyclic) bond motifs is 3. The second kappa shape index (κ2) is 7.14. The summed E-state index contributed by atoms with van der Waals surface area (Å²) < 4.78 is 1.86. The van der Waals surface area contributed by atoms with Crippen LogP contribution in [0.25, 0.3) is 10.7 Å². The van der Waals surface area contributed by atoms with Crippen molar-refractivity contribution in [1.82, 2.24) is 23.9 Å². The maximum Gasteiger partial charge on any atom is 0.437 e. The van der Waals surface area contributed by atoms with E-state index < -0.39 is 0 Å². The molecule has 0 saturated heterocycles. The molecule has 1 atom stereocenters. The SMILES string of the molecule is CN1C(=O)c2c(c3n(c2-c2nc(CO)cs2)CCSC3)[N@@+](C)(c2nc(Cl)cs2)C1=O. The largest absolute Gasteiger partial charge is 0.437 e. The normalized spacial score (nSPS) is 21.1. The van der Waals surface area contributed by atoms with Crippen molar-refractivity contribution in [3.8, 4) is 10.7 Å². The van der Waals surface area contributed by atoms with E-state index in [9.17, 15) is 14.7 Å². The topological polar surface area (TPSA) is 88.3 Å². The molecule has 156 valence electrons. The second-order valence-electron chi connectivity index (χ2n) is 7.13. The van der Waals surface area contributed by atoms with Gasteiger partial charge in [-0.1, -0.05) is 22.9 Å². The molecule has 8 nitrogen and oxygen atoms in total. The molecule has 0 radical (unpaired) electrons. The van der Waals surface area contributed by atoms with Crippen LogP contribution in [0.15, 0.2) is 10.8 Å². The van der Waals surface area contributed by atoms with Gasteiger partial charge in [0.15, 0.2) is 5.69 Å². The molecule has 0 unspecified atom stereocenters. The number of carbonyl (C=O) groups excluding carboxylic acids is 2. The van der Waals surface area contributed by atoms with E-state index in [4.69, 9.17) is 11.6 Å². The number of aromatic nitrogens is 3. The van der Waals surface area contributed by atoms with Gasteiger partial charge in [-0.15, -0.1) is 11.3 Å². The fourth-order valence-electron chi connectivity index (χ4n) is 4.05. The second-order valence-corrected chi connectivity index (χ2v) is 10.3. The van der Waals surface area contributed by atoms with Crippen molar-refractivity contribution in [3.05, 3.63) is 32.9 Å². The van der Waals surface area contributed by atoms with Gasteiger partial charge in [-0.3, -0.25) is 4.79 Å². The minimum Gasteiger partial charge on any atom is -0.390 e. The molecule has 12 heteroatoms. The van der Waals surface area contributed by atoms with E-state index >= 15 is 0 Å². The molecule has 5 rings (SSSR count). The van der Waals surface area contributed by atoms with Crippen LogP contribution >= 0.6 is 46.0 Å². The van der Waals surface area contributed by atoms with Gasteiger partial charge in [0.2, 0.25) is 0 Å². The zero-order valence-electron chi connectivity index (χ0n) is 16.1. The Labute approximate surface area is 189 Å². The quantitative estimate of drug-likeness (QED) is 0.569. The van der Waals surface area contributed by atoms with Gasteiger partial charge in [-0.05, 0) is 0 Å². The van der Waals surface area contributed by atoms with Crippen LogP contribution in [0.1, 0.15) is 21.7 Å². The van der Waals surface area contributed by atoms with Gasteiger partial charge in [0.05, 0.1) is 30.7 Å². The minimum absolute atomic E-state index is 0.167. The molecule has 0 aliphatic carbocycles. The van der Waals surface area contributed by atoms with Crippen LogP contribution in [0, 0.1) is 0 Å². The van der Waals surface area contributed by atoms with Crippen molar-refractivity contribution >= 4 is 68.8 Å². The molecule has 30 heavy (non-hydrogen) atoms. The fraction of sp³-hybridized carbons (Fsp3) is 0.333. The zero-order chi connectivity index (χ0) is 21.2. The molecule has 0 spiro atoms. The van der Waals surface area contributed by atoms with Crippen LogP contribution in [0.4, 0.5) is 15.6 Å². The summed E-state index contributed by atoms with van der Waals surface area (Å²) in [5, 5.41) is 14.4. The molecule has 5 heterocycles. The summed E-state index contributed by atoms with van der Waals surface area (Å²) in [6, 6.07) is -0.371. The number of imide groups is 1. The average Bonchev–Trinajstić information content (AvgIpc) is 3.47. The molecule has 0 saturated carbocycles. The van der Waals surface area contributed by atoms with Gasteiger partial charge in [-0.25, -0.2) is 14.7 Å². The summed E-state index contributed by atoms with van der Waals surface area (Å²) in [7, 11) is 3.26. The molecule has 3 aromatic rings. The number of nitrogens with zero attached hydrogens (tertiary/aromatic N) is 5. The molecule has 0 bridgehead atoms. The number of aliphatic hydroxyl groups excluding tert-OH is 1. The minimum atomic E-state index is -0.371. The number of urea groups is 1. The first-order valence-electron chi connectivity index (χ1n) is 9.08. The highest BCUT2D eigenvalue weighted by Crippen LogP contribution is 2.51. The van der Waals surface area contributed by atoms with Crippen LogP contribution < -0.4 is 4.48 Å². The summed E-state index contributed by atoms with van der Waals surface area (Å²) >= 11 is 10.6. The third-order valence-corrected chi connectivity index (χ3v) is 8.62. The van der Waals surface area contributed by atoms with Gasteiger partial charge in [0.1, 0.15) is 15.7 Å². The summed E-state index contributed by atoms with van der Waals surface area (Å²) in [4.78, 5) is 36.9. The number of thioether (sulfide) groups is 1. The smallest absolute Gasteiger partial charge is 0.390 e. The highest BCUT2D eigenvalue weighted by molar-refractivity contribution is 7.98. The number of aliphatic hydroxyl groups is 1. The zero-order valence-corrected chi connectivity index (χ0v) is 19.3. The summed E-state index contributed by atoms with van der Waals surface area (Å²) in [6.07, 6.45) is 0. The molecule has 1 N–H and O–H groups in total. The summed E-state index contributed by atoms with van der Waals surface area (Å²) in [5.41, 5.74) is 3.32. The van der Waals surface area contributed by atoms with Gasteiger partial charge >= 0.3 is 11.2 Å². The Morgan fingerprint density at radius 3 is 2.73 bits per heavy atom. The average molecular weight is 483 g/mol. The summed E-state index contributed by atoms with van der Waals surface area (Å²) in [5.74, 6) is 1.23. The van der Waals surface area contributed by atoms with E-state index in [0.29, 0.717) is 50.2 Å². The molecule has 3 amide bonds. The molecule has 0 aromatic carbocycles. The number of amides is 3. The Balaban J connectivity index is 1.87. The van der Waals surface area contributed by atoms with Crippen molar-refractivity contribution in [2.24, 2.45) is 0 Å². The first kappa shape index (κ1) is 20.2. The number of hydrogen-bond acceptors (Lipinski definition) is 8. The van der Waals surface area contributed by atoms with Crippen LogP contribution in [0.3, 0.4) is 0 Å². The first-order valence-corrected chi connectivity index (χ1v) is 12.4. The van der Waals surface area contributed by atoms with E-state index in [-0.39, 0.29) is 23.0 Å². The lowest BCUT2D eigenvalue weighted by Gasteiger charge is -2.35. The monoisotopic (exact) mass is 482 g/mol. The van der Waals surface area contributed by atoms with Gasteiger partial charge in [0.25, 0.3) is 5.91 Å².